The molecule has 0 fully saturated rings. The van der Waals surface area contributed by atoms with Gasteiger partial charge >= 0.3 is 0 Å². The first-order valence-corrected chi connectivity index (χ1v) is 7.48. The minimum Gasteiger partial charge on any atom is -0.495 e. The fourth-order valence-electron chi connectivity index (χ4n) is 2.44. The largest absolute Gasteiger partial charge is 0.495 e. The van der Waals surface area contributed by atoms with Crippen molar-refractivity contribution in [3.8, 4) is 5.75 Å². The van der Waals surface area contributed by atoms with Crippen molar-refractivity contribution in [2.75, 3.05) is 12.4 Å². The molecular formula is C16H13N3OS. The van der Waals surface area contributed by atoms with Crippen LogP contribution in [-0.4, -0.2) is 17.3 Å². The van der Waals surface area contributed by atoms with E-state index in [1.807, 2.05) is 24.3 Å². The first-order valence-electron chi connectivity index (χ1n) is 6.60. The second kappa shape index (κ2) is 4.79. The van der Waals surface area contributed by atoms with Crippen molar-refractivity contribution in [2.45, 2.75) is 0 Å². The fourth-order valence-corrected chi connectivity index (χ4v) is 3.24. The van der Waals surface area contributed by atoms with Crippen LogP contribution in [0.3, 0.4) is 0 Å². The van der Waals surface area contributed by atoms with Crippen LogP contribution in [0.4, 0.5) is 11.5 Å². The molecule has 5 heteroatoms. The number of hydrogen-bond donors (Lipinski definition) is 2. The van der Waals surface area contributed by atoms with Crippen molar-refractivity contribution in [3.63, 3.8) is 0 Å². The van der Waals surface area contributed by atoms with Crippen LogP contribution >= 0.6 is 11.3 Å². The number of H-pyrrole nitrogens is 1. The summed E-state index contributed by atoms with van der Waals surface area (Å²) in [5.74, 6) is 1.62. The molecule has 0 aliphatic carbocycles. The third-order valence-corrected chi connectivity index (χ3v) is 4.38. The molecule has 0 aliphatic rings. The molecule has 2 aromatic heterocycles. The van der Waals surface area contributed by atoms with Gasteiger partial charge in [-0.05, 0) is 35.0 Å². The Kier molecular flexibility index (Phi) is 2.79. The number of aromatic nitrogens is 2. The molecule has 4 aromatic rings. The molecule has 4 rings (SSSR count). The van der Waals surface area contributed by atoms with Gasteiger partial charge in [-0.1, -0.05) is 12.1 Å². The predicted octanol–water partition coefficient (Wildman–Crippen LogP) is 4.53. The van der Waals surface area contributed by atoms with E-state index in [4.69, 9.17) is 4.74 Å². The van der Waals surface area contributed by atoms with E-state index in [1.165, 1.54) is 10.1 Å². The number of para-hydroxylation sites is 1. The molecular weight excluding hydrogens is 282 g/mol. The van der Waals surface area contributed by atoms with E-state index < -0.39 is 0 Å². The maximum atomic E-state index is 5.49. The summed E-state index contributed by atoms with van der Waals surface area (Å²) >= 11 is 1.71. The normalized spacial score (nSPS) is 11.1. The van der Waals surface area contributed by atoms with Gasteiger partial charge in [-0.15, -0.1) is 11.3 Å². The lowest BCUT2D eigenvalue weighted by atomic mass is 10.2. The summed E-state index contributed by atoms with van der Waals surface area (Å²) in [5.41, 5.74) is 1.93. The first-order chi connectivity index (χ1) is 10.3. The van der Waals surface area contributed by atoms with Gasteiger partial charge in [0, 0.05) is 16.2 Å². The zero-order chi connectivity index (χ0) is 14.2. The number of aromatic amines is 1. The maximum absolute atomic E-state index is 5.49. The van der Waals surface area contributed by atoms with E-state index >= 15 is 0 Å². The number of ether oxygens (including phenoxy) is 1. The van der Waals surface area contributed by atoms with E-state index in [2.05, 4.69) is 39.1 Å². The Balaban J connectivity index is 1.82. The van der Waals surface area contributed by atoms with Crippen molar-refractivity contribution in [2.24, 2.45) is 0 Å². The van der Waals surface area contributed by atoms with Crippen LogP contribution < -0.4 is 10.1 Å². The van der Waals surface area contributed by atoms with Gasteiger partial charge in [-0.2, -0.15) is 5.10 Å². The number of thiophene rings is 1. The molecule has 2 aromatic carbocycles. The highest BCUT2D eigenvalue weighted by Gasteiger charge is 2.10. The Hall–Kier alpha value is -2.53. The summed E-state index contributed by atoms with van der Waals surface area (Å²) in [7, 11) is 1.68. The van der Waals surface area contributed by atoms with Crippen LogP contribution in [0.5, 0.6) is 5.75 Å². The lowest BCUT2D eigenvalue weighted by Crippen LogP contribution is -1.95. The van der Waals surface area contributed by atoms with Crippen LogP contribution in [0.1, 0.15) is 0 Å². The molecule has 0 unspecified atom stereocenters. The Morgan fingerprint density at radius 3 is 3.00 bits per heavy atom. The Morgan fingerprint density at radius 1 is 1.19 bits per heavy atom. The van der Waals surface area contributed by atoms with Crippen molar-refractivity contribution in [3.05, 3.63) is 47.8 Å². The smallest absolute Gasteiger partial charge is 0.160 e. The number of benzene rings is 2. The molecule has 0 aliphatic heterocycles. The van der Waals surface area contributed by atoms with Crippen LogP contribution in [0.2, 0.25) is 0 Å². The van der Waals surface area contributed by atoms with E-state index in [1.54, 1.807) is 18.4 Å². The summed E-state index contributed by atoms with van der Waals surface area (Å²) < 4.78 is 6.70. The van der Waals surface area contributed by atoms with Gasteiger partial charge in [0.1, 0.15) is 5.75 Å². The monoisotopic (exact) mass is 295 g/mol. The van der Waals surface area contributed by atoms with Crippen LogP contribution in [-0.2, 0) is 0 Å². The topological polar surface area (TPSA) is 49.9 Å². The van der Waals surface area contributed by atoms with Gasteiger partial charge in [0.15, 0.2) is 5.82 Å². The standard InChI is InChI=1S/C16H13N3OS/c1-20-14-9-15-10(6-7-21-15)8-13(14)17-16-11-4-2-3-5-12(11)18-19-16/h2-9H,1H3,(H2,17,18,19). The number of hydrogen-bond acceptors (Lipinski definition) is 4. The van der Waals surface area contributed by atoms with Crippen molar-refractivity contribution in [1.29, 1.82) is 0 Å². The number of nitrogens with zero attached hydrogens (tertiary/aromatic N) is 1. The Morgan fingerprint density at radius 2 is 2.10 bits per heavy atom. The molecule has 4 nitrogen and oxygen atoms in total. The molecule has 2 N–H and O–H groups in total. The average molecular weight is 295 g/mol. The van der Waals surface area contributed by atoms with Gasteiger partial charge in [-0.25, -0.2) is 0 Å². The van der Waals surface area contributed by atoms with Gasteiger partial charge in [0.2, 0.25) is 0 Å². The number of rotatable bonds is 3. The van der Waals surface area contributed by atoms with Gasteiger partial charge in [-0.3, -0.25) is 5.10 Å². The van der Waals surface area contributed by atoms with Gasteiger partial charge in [0.05, 0.1) is 18.3 Å². The number of methoxy groups -OCH3 is 1. The second-order valence-electron chi connectivity index (χ2n) is 4.75. The average Bonchev–Trinajstić information content (AvgIpc) is 3.13. The van der Waals surface area contributed by atoms with E-state index in [0.717, 1.165) is 28.2 Å². The first kappa shape index (κ1) is 12.2. The number of fused-ring (bicyclic) bond motifs is 2. The van der Waals surface area contributed by atoms with E-state index in [0.29, 0.717) is 0 Å². The summed E-state index contributed by atoms with van der Waals surface area (Å²) in [6.07, 6.45) is 0. The van der Waals surface area contributed by atoms with Crippen LogP contribution in [0, 0.1) is 0 Å². The second-order valence-corrected chi connectivity index (χ2v) is 5.70. The SMILES string of the molecule is COc1cc2sccc2cc1Nc1n[nH]c2ccccc12. The quantitative estimate of drug-likeness (QED) is 0.584. The molecule has 104 valence electrons. The summed E-state index contributed by atoms with van der Waals surface area (Å²) in [5, 5.41) is 15.1. The molecule has 0 saturated heterocycles. The lowest BCUT2D eigenvalue weighted by Gasteiger charge is -2.10. The minimum atomic E-state index is 0.804. The third-order valence-electron chi connectivity index (χ3n) is 3.50. The van der Waals surface area contributed by atoms with Crippen molar-refractivity contribution < 1.29 is 4.74 Å². The third kappa shape index (κ3) is 2.02. The maximum Gasteiger partial charge on any atom is 0.160 e. The van der Waals surface area contributed by atoms with Crippen molar-refractivity contribution in [1.82, 2.24) is 10.2 Å². The predicted molar refractivity (Wildman–Crippen MR) is 87.8 cm³/mol. The summed E-state index contributed by atoms with van der Waals surface area (Å²) in [6, 6.07) is 14.3. The van der Waals surface area contributed by atoms with Crippen molar-refractivity contribution >= 4 is 43.8 Å². The van der Waals surface area contributed by atoms with Crippen LogP contribution in [0.25, 0.3) is 21.0 Å². The fraction of sp³-hybridized carbons (Fsp3) is 0.0625. The molecule has 0 atom stereocenters. The highest BCUT2D eigenvalue weighted by Crippen LogP contribution is 2.35. The number of nitrogens with one attached hydrogen (secondary N) is 2. The molecule has 2 heterocycles. The highest BCUT2D eigenvalue weighted by atomic mass is 32.1. The molecule has 0 bridgehead atoms. The molecule has 0 spiro atoms. The number of anilines is 2. The zero-order valence-corrected chi connectivity index (χ0v) is 12.2. The Labute approximate surface area is 125 Å². The molecule has 21 heavy (non-hydrogen) atoms. The lowest BCUT2D eigenvalue weighted by molar-refractivity contribution is 0.417. The summed E-state index contributed by atoms with van der Waals surface area (Å²) in [6.45, 7) is 0. The van der Waals surface area contributed by atoms with Crippen LogP contribution in [0.15, 0.2) is 47.8 Å². The molecule has 0 radical (unpaired) electrons. The van der Waals surface area contributed by atoms with E-state index in [9.17, 15) is 0 Å². The molecule has 0 saturated carbocycles. The Bertz CT molecular complexity index is 925. The minimum absolute atomic E-state index is 0.804. The molecule has 0 amide bonds. The van der Waals surface area contributed by atoms with Gasteiger partial charge < -0.3 is 10.1 Å². The van der Waals surface area contributed by atoms with Gasteiger partial charge in [0.25, 0.3) is 0 Å². The highest BCUT2D eigenvalue weighted by molar-refractivity contribution is 7.17. The van der Waals surface area contributed by atoms with E-state index in [-0.39, 0.29) is 0 Å². The summed E-state index contributed by atoms with van der Waals surface area (Å²) in [4.78, 5) is 0. The zero-order valence-electron chi connectivity index (χ0n) is 11.4.